The molecule has 35 heavy (non-hydrogen) atoms. The standard InChI is InChI=1S/C26H28N2O7/c1-16-22(27-17(2)34-16)14-15-33-20-6-4-18(5-7-20)23-12-13-24(25(29)30)28(23)26(31)35-21-10-8-19(32-3)9-11-21/h4-11,23-24H,12-15H2,1-3H3,(H,29,30)/t23-,24-/m0/s1. The number of oxazole rings is 1. The number of carboxylic acid groups (broad SMARTS) is 1. The molecule has 0 unspecified atom stereocenters. The van der Waals surface area contributed by atoms with Gasteiger partial charge in [0, 0.05) is 13.3 Å². The summed E-state index contributed by atoms with van der Waals surface area (Å²) >= 11 is 0. The van der Waals surface area contributed by atoms with E-state index >= 15 is 0 Å². The highest BCUT2D eigenvalue weighted by atomic mass is 16.6. The average Bonchev–Trinajstić information content (AvgIpc) is 3.43. The molecule has 4 rings (SSSR count). The third-order valence-electron chi connectivity index (χ3n) is 6.02. The van der Waals surface area contributed by atoms with Crippen molar-refractivity contribution in [2.45, 2.75) is 45.2 Å². The zero-order valence-electron chi connectivity index (χ0n) is 19.9. The predicted octanol–water partition coefficient (Wildman–Crippen LogP) is 4.71. The second-order valence-corrected chi connectivity index (χ2v) is 8.30. The molecule has 184 valence electrons. The number of amides is 1. The van der Waals surface area contributed by atoms with Crippen LogP contribution in [0.5, 0.6) is 17.2 Å². The second-order valence-electron chi connectivity index (χ2n) is 8.30. The Bertz CT molecular complexity index is 1170. The number of carboxylic acids is 1. The smallest absolute Gasteiger partial charge is 0.416 e. The van der Waals surface area contributed by atoms with Gasteiger partial charge in [0.15, 0.2) is 5.89 Å². The molecule has 1 aliphatic heterocycles. The molecule has 2 aromatic carbocycles. The number of ether oxygens (including phenoxy) is 3. The molecule has 2 atom stereocenters. The molecular formula is C26H28N2O7. The number of hydrogen-bond donors (Lipinski definition) is 1. The van der Waals surface area contributed by atoms with Gasteiger partial charge < -0.3 is 23.7 Å². The van der Waals surface area contributed by atoms with Gasteiger partial charge in [-0.05, 0) is 61.7 Å². The molecule has 9 nitrogen and oxygen atoms in total. The molecule has 0 radical (unpaired) electrons. The van der Waals surface area contributed by atoms with E-state index in [0.29, 0.717) is 49.0 Å². The van der Waals surface area contributed by atoms with Crippen molar-refractivity contribution in [1.29, 1.82) is 0 Å². The number of carbonyl (C=O) groups is 2. The minimum Gasteiger partial charge on any atom is -0.497 e. The number of benzene rings is 2. The Balaban J connectivity index is 1.43. The van der Waals surface area contributed by atoms with Crippen molar-refractivity contribution < 1.29 is 33.3 Å². The maximum absolute atomic E-state index is 13.0. The van der Waals surface area contributed by atoms with E-state index in [1.54, 1.807) is 31.4 Å². The SMILES string of the molecule is COc1ccc(OC(=O)N2[C@H](C(=O)O)CC[C@H]2c2ccc(OCCc3nc(C)oc3C)cc2)cc1. The monoisotopic (exact) mass is 480 g/mol. The van der Waals surface area contributed by atoms with Crippen molar-refractivity contribution in [2.75, 3.05) is 13.7 Å². The van der Waals surface area contributed by atoms with E-state index < -0.39 is 24.1 Å². The van der Waals surface area contributed by atoms with Gasteiger partial charge in [0.05, 0.1) is 25.5 Å². The lowest BCUT2D eigenvalue weighted by Gasteiger charge is -2.27. The summed E-state index contributed by atoms with van der Waals surface area (Å²) in [6.07, 6.45) is 0.772. The fourth-order valence-corrected chi connectivity index (χ4v) is 4.29. The van der Waals surface area contributed by atoms with Crippen molar-refractivity contribution in [3.63, 3.8) is 0 Å². The van der Waals surface area contributed by atoms with Crippen LogP contribution in [0.15, 0.2) is 52.9 Å². The molecule has 0 spiro atoms. The van der Waals surface area contributed by atoms with Crippen molar-refractivity contribution in [3.8, 4) is 17.2 Å². The maximum atomic E-state index is 13.0. The van der Waals surface area contributed by atoms with E-state index in [1.165, 1.54) is 4.90 Å². The maximum Gasteiger partial charge on any atom is 0.416 e. The number of methoxy groups -OCH3 is 1. The van der Waals surface area contributed by atoms with E-state index in [0.717, 1.165) is 17.0 Å². The van der Waals surface area contributed by atoms with Gasteiger partial charge in [0.25, 0.3) is 0 Å². The summed E-state index contributed by atoms with van der Waals surface area (Å²) in [5, 5.41) is 9.69. The Kier molecular flexibility index (Phi) is 7.24. The summed E-state index contributed by atoms with van der Waals surface area (Å²) in [7, 11) is 1.54. The number of aromatic nitrogens is 1. The second kappa shape index (κ2) is 10.5. The molecule has 0 saturated carbocycles. The fourth-order valence-electron chi connectivity index (χ4n) is 4.29. The molecular weight excluding hydrogens is 452 g/mol. The Hall–Kier alpha value is -4.01. The molecule has 1 N–H and O–H groups in total. The fraction of sp³-hybridized carbons (Fsp3) is 0.346. The van der Waals surface area contributed by atoms with E-state index in [9.17, 15) is 14.7 Å². The lowest BCUT2D eigenvalue weighted by atomic mass is 10.0. The number of aliphatic carboxylic acids is 1. The molecule has 1 aromatic heterocycles. The highest BCUT2D eigenvalue weighted by Gasteiger charge is 2.42. The summed E-state index contributed by atoms with van der Waals surface area (Å²) in [5.74, 6) is 1.97. The number of likely N-dealkylation sites (tertiary alicyclic amines) is 1. The first-order valence-electron chi connectivity index (χ1n) is 11.4. The highest BCUT2D eigenvalue weighted by molar-refractivity contribution is 5.82. The Morgan fingerprint density at radius 2 is 1.69 bits per heavy atom. The number of nitrogens with zero attached hydrogens (tertiary/aromatic N) is 2. The van der Waals surface area contributed by atoms with Crippen LogP contribution in [0.2, 0.25) is 0 Å². The van der Waals surface area contributed by atoms with Gasteiger partial charge in [0.1, 0.15) is 29.1 Å². The third-order valence-corrected chi connectivity index (χ3v) is 6.02. The molecule has 0 bridgehead atoms. The van der Waals surface area contributed by atoms with Crippen molar-refractivity contribution in [3.05, 3.63) is 71.4 Å². The summed E-state index contributed by atoms with van der Waals surface area (Å²) in [6.45, 7) is 4.13. The molecule has 1 saturated heterocycles. The first-order valence-corrected chi connectivity index (χ1v) is 11.4. The lowest BCUT2D eigenvalue weighted by molar-refractivity contribution is -0.141. The van der Waals surface area contributed by atoms with E-state index in [1.807, 2.05) is 38.1 Å². The van der Waals surface area contributed by atoms with Gasteiger partial charge in [-0.3, -0.25) is 4.90 Å². The van der Waals surface area contributed by atoms with Crippen LogP contribution in [-0.4, -0.2) is 46.8 Å². The van der Waals surface area contributed by atoms with Crippen molar-refractivity contribution in [2.24, 2.45) is 0 Å². The molecule has 0 aliphatic carbocycles. The van der Waals surface area contributed by atoms with E-state index in [-0.39, 0.29) is 0 Å². The predicted molar refractivity (Wildman–Crippen MR) is 126 cm³/mol. The summed E-state index contributed by atoms with van der Waals surface area (Å²) in [6, 6.07) is 12.5. The number of hydrogen-bond acceptors (Lipinski definition) is 7. The largest absolute Gasteiger partial charge is 0.497 e. The van der Waals surface area contributed by atoms with Gasteiger partial charge in [-0.15, -0.1) is 0 Å². The van der Waals surface area contributed by atoms with Crippen LogP contribution >= 0.6 is 0 Å². The van der Waals surface area contributed by atoms with Crippen LogP contribution in [-0.2, 0) is 11.2 Å². The zero-order chi connectivity index (χ0) is 24.9. The zero-order valence-corrected chi connectivity index (χ0v) is 19.9. The van der Waals surface area contributed by atoms with Crippen LogP contribution < -0.4 is 14.2 Å². The summed E-state index contributed by atoms with van der Waals surface area (Å²) < 4.78 is 21.9. The van der Waals surface area contributed by atoms with Crippen LogP contribution in [0.4, 0.5) is 4.79 Å². The van der Waals surface area contributed by atoms with E-state index in [4.69, 9.17) is 18.6 Å². The first-order chi connectivity index (χ1) is 16.9. The number of aryl methyl sites for hydroxylation is 2. The molecule has 3 aromatic rings. The van der Waals surface area contributed by atoms with Gasteiger partial charge in [-0.1, -0.05) is 12.1 Å². The van der Waals surface area contributed by atoms with Crippen LogP contribution in [0.25, 0.3) is 0 Å². The van der Waals surface area contributed by atoms with Gasteiger partial charge in [0.2, 0.25) is 0 Å². The first kappa shape index (κ1) is 24.1. The van der Waals surface area contributed by atoms with Crippen LogP contribution in [0, 0.1) is 13.8 Å². The molecule has 1 fully saturated rings. The lowest BCUT2D eigenvalue weighted by Crippen LogP contribution is -2.43. The normalized spacial score (nSPS) is 17.3. The molecule has 1 amide bonds. The van der Waals surface area contributed by atoms with Gasteiger partial charge in [-0.2, -0.15) is 0 Å². The third kappa shape index (κ3) is 5.56. The quantitative estimate of drug-likeness (QED) is 0.493. The number of carbonyl (C=O) groups excluding carboxylic acids is 1. The summed E-state index contributed by atoms with van der Waals surface area (Å²) in [5.41, 5.74) is 1.69. The highest BCUT2D eigenvalue weighted by Crippen LogP contribution is 2.37. The minimum atomic E-state index is -1.06. The van der Waals surface area contributed by atoms with Crippen molar-refractivity contribution >= 4 is 12.1 Å². The molecule has 2 heterocycles. The Morgan fingerprint density at radius 3 is 2.29 bits per heavy atom. The Labute approximate surface area is 203 Å². The van der Waals surface area contributed by atoms with E-state index in [2.05, 4.69) is 4.98 Å². The summed E-state index contributed by atoms with van der Waals surface area (Å²) in [4.78, 5) is 30.5. The molecule has 9 heteroatoms. The molecule has 1 aliphatic rings. The average molecular weight is 481 g/mol. The number of rotatable bonds is 8. The topological polar surface area (TPSA) is 111 Å². The van der Waals surface area contributed by atoms with Gasteiger partial charge in [-0.25, -0.2) is 14.6 Å². The van der Waals surface area contributed by atoms with Gasteiger partial charge >= 0.3 is 12.1 Å². The van der Waals surface area contributed by atoms with Crippen LogP contribution in [0.1, 0.15) is 41.8 Å². The van der Waals surface area contributed by atoms with Crippen LogP contribution in [0.3, 0.4) is 0 Å². The van der Waals surface area contributed by atoms with Crippen molar-refractivity contribution in [1.82, 2.24) is 9.88 Å². The Morgan fingerprint density at radius 1 is 1.03 bits per heavy atom. The minimum absolute atomic E-state index is 0.312.